The molecular weight excluding hydrogens is 192 g/mol. The molecule has 0 radical (unpaired) electrons. The average molecular weight is 216 g/mol. The van der Waals surface area contributed by atoms with Crippen molar-refractivity contribution in [1.29, 1.82) is 0 Å². The van der Waals surface area contributed by atoms with Crippen LogP contribution in [0, 0.1) is 0 Å². The Kier molecular flexibility index (Phi) is 9.52. The van der Waals surface area contributed by atoms with E-state index in [0.29, 0.717) is 0 Å². The Morgan fingerprint density at radius 3 is 2.20 bits per heavy atom. The van der Waals surface area contributed by atoms with Gasteiger partial charge < -0.3 is 16.6 Å². The molecular formula is C11H24N2O2. The van der Waals surface area contributed by atoms with Crippen LogP contribution in [0.1, 0.15) is 51.4 Å². The summed E-state index contributed by atoms with van der Waals surface area (Å²) in [6.45, 7) is 0.741. The molecule has 0 heterocycles. The molecule has 0 aromatic rings. The molecule has 0 aromatic carbocycles. The fourth-order valence-electron chi connectivity index (χ4n) is 1.55. The predicted octanol–water partition coefficient (Wildman–Crippen LogP) is 1.48. The average Bonchev–Trinajstić information content (AvgIpc) is 2.17. The molecule has 0 fully saturated rings. The lowest BCUT2D eigenvalue weighted by atomic mass is 10.0. The summed E-state index contributed by atoms with van der Waals surface area (Å²) >= 11 is 0. The molecule has 4 heteroatoms. The van der Waals surface area contributed by atoms with Gasteiger partial charge in [0.05, 0.1) is 0 Å². The summed E-state index contributed by atoms with van der Waals surface area (Å²) in [7, 11) is 0. The molecule has 1 unspecified atom stereocenters. The van der Waals surface area contributed by atoms with Gasteiger partial charge in [0.25, 0.3) is 0 Å². The minimum absolute atomic E-state index is 0.265. The maximum atomic E-state index is 10.2. The molecule has 0 bridgehead atoms. The lowest BCUT2D eigenvalue weighted by molar-refractivity contribution is -0.137. The van der Waals surface area contributed by atoms with Crippen LogP contribution in [0.2, 0.25) is 0 Å². The van der Waals surface area contributed by atoms with Crippen molar-refractivity contribution in [3.05, 3.63) is 0 Å². The molecule has 0 aliphatic rings. The third-order valence-electron chi connectivity index (χ3n) is 2.49. The molecule has 15 heavy (non-hydrogen) atoms. The summed E-state index contributed by atoms with van der Waals surface area (Å²) in [5.41, 5.74) is 11.3. The molecule has 0 saturated heterocycles. The second kappa shape index (κ2) is 9.93. The van der Waals surface area contributed by atoms with Gasteiger partial charge in [-0.05, 0) is 32.2 Å². The first-order chi connectivity index (χ1) is 7.16. The number of hydrogen-bond acceptors (Lipinski definition) is 3. The summed E-state index contributed by atoms with van der Waals surface area (Å²) < 4.78 is 0. The molecule has 0 spiro atoms. The van der Waals surface area contributed by atoms with Crippen LogP contribution in [0.4, 0.5) is 0 Å². The quantitative estimate of drug-likeness (QED) is 0.482. The van der Waals surface area contributed by atoms with Crippen LogP contribution in [0.25, 0.3) is 0 Å². The van der Waals surface area contributed by atoms with Gasteiger partial charge in [0.1, 0.15) is 0 Å². The van der Waals surface area contributed by atoms with Gasteiger partial charge in [0.15, 0.2) is 0 Å². The van der Waals surface area contributed by atoms with E-state index in [4.69, 9.17) is 16.6 Å². The molecule has 0 aliphatic heterocycles. The number of carboxylic acids is 1. The number of carbonyl (C=O) groups is 1. The van der Waals surface area contributed by atoms with Crippen LogP contribution in [0.15, 0.2) is 0 Å². The summed E-state index contributed by atoms with van der Waals surface area (Å²) in [5, 5.41) is 8.43. The maximum Gasteiger partial charge on any atom is 0.303 e. The van der Waals surface area contributed by atoms with E-state index >= 15 is 0 Å². The minimum atomic E-state index is -0.706. The van der Waals surface area contributed by atoms with Crippen molar-refractivity contribution in [2.75, 3.05) is 6.54 Å². The van der Waals surface area contributed by atoms with Crippen LogP contribution in [-0.4, -0.2) is 23.7 Å². The van der Waals surface area contributed by atoms with Gasteiger partial charge in [-0.1, -0.05) is 19.3 Å². The highest BCUT2D eigenvalue weighted by atomic mass is 16.4. The van der Waals surface area contributed by atoms with Crippen molar-refractivity contribution >= 4 is 5.97 Å². The van der Waals surface area contributed by atoms with Gasteiger partial charge in [-0.3, -0.25) is 4.79 Å². The molecule has 4 nitrogen and oxygen atoms in total. The smallest absolute Gasteiger partial charge is 0.303 e. The number of aliphatic carboxylic acids is 1. The van der Waals surface area contributed by atoms with Crippen molar-refractivity contribution in [3.63, 3.8) is 0 Å². The highest BCUT2D eigenvalue weighted by molar-refractivity contribution is 5.66. The minimum Gasteiger partial charge on any atom is -0.481 e. The van der Waals surface area contributed by atoms with E-state index in [1.165, 1.54) is 0 Å². The summed E-state index contributed by atoms with van der Waals surface area (Å²) in [4.78, 5) is 10.2. The number of nitrogens with two attached hydrogens (primary N) is 2. The first-order valence-electron chi connectivity index (χ1n) is 5.84. The molecule has 0 aromatic heterocycles. The van der Waals surface area contributed by atoms with E-state index in [-0.39, 0.29) is 12.5 Å². The molecule has 0 saturated carbocycles. The van der Waals surface area contributed by atoms with Gasteiger partial charge in [-0.2, -0.15) is 0 Å². The van der Waals surface area contributed by atoms with Gasteiger partial charge >= 0.3 is 5.97 Å². The van der Waals surface area contributed by atoms with E-state index in [1.807, 2.05) is 0 Å². The third kappa shape index (κ3) is 11.3. The fraction of sp³-hybridized carbons (Fsp3) is 0.909. The molecule has 1 atom stereocenters. The highest BCUT2D eigenvalue weighted by Gasteiger charge is 2.02. The largest absolute Gasteiger partial charge is 0.481 e. The molecule has 0 rings (SSSR count). The zero-order valence-corrected chi connectivity index (χ0v) is 9.45. The maximum absolute atomic E-state index is 10.2. The summed E-state index contributed by atoms with van der Waals surface area (Å²) in [6, 6.07) is 0.265. The molecule has 0 amide bonds. The van der Waals surface area contributed by atoms with Gasteiger partial charge in [0.2, 0.25) is 0 Å². The zero-order chi connectivity index (χ0) is 11.5. The van der Waals surface area contributed by atoms with Crippen molar-refractivity contribution in [2.24, 2.45) is 11.5 Å². The van der Waals surface area contributed by atoms with Crippen LogP contribution in [-0.2, 0) is 4.79 Å². The van der Waals surface area contributed by atoms with Crippen LogP contribution in [0.3, 0.4) is 0 Å². The molecule has 0 aliphatic carbocycles. The Labute approximate surface area is 92.0 Å². The van der Waals surface area contributed by atoms with Crippen molar-refractivity contribution in [1.82, 2.24) is 0 Å². The van der Waals surface area contributed by atoms with Gasteiger partial charge in [-0.25, -0.2) is 0 Å². The third-order valence-corrected chi connectivity index (χ3v) is 2.49. The Morgan fingerprint density at radius 2 is 1.67 bits per heavy atom. The second-order valence-electron chi connectivity index (χ2n) is 4.04. The van der Waals surface area contributed by atoms with E-state index in [2.05, 4.69) is 0 Å². The first kappa shape index (κ1) is 14.4. The lowest BCUT2D eigenvalue weighted by Gasteiger charge is -2.10. The van der Waals surface area contributed by atoms with E-state index in [1.54, 1.807) is 0 Å². The van der Waals surface area contributed by atoms with Crippen molar-refractivity contribution < 1.29 is 9.90 Å². The Bertz CT molecular complexity index is 163. The van der Waals surface area contributed by atoms with Crippen molar-refractivity contribution in [2.45, 2.75) is 57.4 Å². The second-order valence-corrected chi connectivity index (χ2v) is 4.04. The van der Waals surface area contributed by atoms with Gasteiger partial charge in [0, 0.05) is 12.5 Å². The van der Waals surface area contributed by atoms with E-state index < -0.39 is 5.97 Å². The van der Waals surface area contributed by atoms with Crippen LogP contribution < -0.4 is 11.5 Å². The SMILES string of the molecule is NCCCCC(N)CCCCCC(=O)O. The highest BCUT2D eigenvalue weighted by Crippen LogP contribution is 2.08. The normalized spacial score (nSPS) is 12.7. The number of rotatable bonds is 10. The van der Waals surface area contributed by atoms with Crippen molar-refractivity contribution in [3.8, 4) is 0 Å². The lowest BCUT2D eigenvalue weighted by Crippen LogP contribution is -2.19. The topological polar surface area (TPSA) is 89.3 Å². The monoisotopic (exact) mass is 216 g/mol. The molecule has 5 N–H and O–H groups in total. The standard InChI is InChI=1S/C11H24N2O2/c12-9-5-4-7-10(13)6-2-1-3-8-11(14)15/h10H,1-9,12-13H2,(H,14,15). The summed E-state index contributed by atoms with van der Waals surface area (Å²) in [6.07, 6.45) is 7.25. The number of carboxylic acid groups (broad SMARTS) is 1. The molecule has 90 valence electrons. The number of unbranched alkanes of at least 4 members (excludes halogenated alkanes) is 3. The Balaban J connectivity index is 3.16. The Morgan fingerprint density at radius 1 is 1.07 bits per heavy atom. The van der Waals surface area contributed by atoms with Gasteiger partial charge in [-0.15, -0.1) is 0 Å². The predicted molar refractivity (Wildman–Crippen MR) is 61.6 cm³/mol. The Hall–Kier alpha value is -0.610. The van der Waals surface area contributed by atoms with Crippen LogP contribution in [0.5, 0.6) is 0 Å². The van der Waals surface area contributed by atoms with E-state index in [0.717, 1.165) is 51.5 Å². The fourth-order valence-corrected chi connectivity index (χ4v) is 1.55. The zero-order valence-electron chi connectivity index (χ0n) is 9.45. The van der Waals surface area contributed by atoms with E-state index in [9.17, 15) is 4.79 Å². The number of hydrogen-bond donors (Lipinski definition) is 3. The first-order valence-corrected chi connectivity index (χ1v) is 5.84. The van der Waals surface area contributed by atoms with Crippen LogP contribution >= 0.6 is 0 Å². The summed E-state index contributed by atoms with van der Waals surface area (Å²) in [5.74, 6) is -0.706.